The standard InChI is InChI=1S/C15H19F3N4O2/c16-15(17,18)11-2-1-3-12(10-11)21-14(24)13(23)20-6-9-22-7-4-19-5-8-22/h1-3,10,19H,4-9H2,(H,20,23)(H,21,24). The van der Waals surface area contributed by atoms with Crippen LogP contribution in [0.25, 0.3) is 0 Å². The summed E-state index contributed by atoms with van der Waals surface area (Å²) in [6, 6.07) is 4.14. The van der Waals surface area contributed by atoms with Crippen LogP contribution in [-0.2, 0) is 15.8 Å². The van der Waals surface area contributed by atoms with E-state index in [2.05, 4.69) is 20.9 Å². The number of anilines is 1. The van der Waals surface area contributed by atoms with Crippen LogP contribution in [0.2, 0.25) is 0 Å². The lowest BCUT2D eigenvalue weighted by Gasteiger charge is -2.26. The Bertz CT molecular complexity index is 586. The predicted molar refractivity (Wildman–Crippen MR) is 82.4 cm³/mol. The second-order valence-electron chi connectivity index (χ2n) is 5.38. The maximum absolute atomic E-state index is 12.6. The molecule has 1 aromatic carbocycles. The summed E-state index contributed by atoms with van der Waals surface area (Å²) in [6.45, 7) is 4.41. The van der Waals surface area contributed by atoms with E-state index in [1.54, 1.807) is 0 Å². The Morgan fingerprint density at radius 1 is 1.17 bits per heavy atom. The van der Waals surface area contributed by atoms with E-state index in [1.165, 1.54) is 12.1 Å². The molecule has 0 aromatic heterocycles. The predicted octanol–water partition coefficient (Wildman–Crippen LogP) is 0.665. The van der Waals surface area contributed by atoms with Crippen LogP contribution in [-0.4, -0.2) is 56.0 Å². The smallest absolute Gasteiger partial charge is 0.347 e. The van der Waals surface area contributed by atoms with Crippen molar-refractivity contribution in [2.45, 2.75) is 6.18 Å². The molecule has 6 nitrogen and oxygen atoms in total. The number of nitrogens with one attached hydrogen (secondary N) is 3. The van der Waals surface area contributed by atoms with Gasteiger partial charge in [0, 0.05) is 45.0 Å². The fourth-order valence-corrected chi connectivity index (χ4v) is 2.30. The SMILES string of the molecule is O=C(NCCN1CCNCC1)C(=O)Nc1cccc(C(F)(F)F)c1. The highest BCUT2D eigenvalue weighted by atomic mass is 19.4. The van der Waals surface area contributed by atoms with Crippen LogP contribution < -0.4 is 16.0 Å². The Labute approximate surface area is 137 Å². The van der Waals surface area contributed by atoms with Gasteiger partial charge in [0.2, 0.25) is 0 Å². The van der Waals surface area contributed by atoms with Crippen molar-refractivity contribution in [2.24, 2.45) is 0 Å². The number of hydrogen-bond acceptors (Lipinski definition) is 4. The average Bonchev–Trinajstić information content (AvgIpc) is 2.55. The van der Waals surface area contributed by atoms with Gasteiger partial charge in [-0.15, -0.1) is 0 Å². The van der Waals surface area contributed by atoms with Gasteiger partial charge in [-0.2, -0.15) is 13.2 Å². The number of carbonyl (C=O) groups is 2. The fourth-order valence-electron chi connectivity index (χ4n) is 2.30. The van der Waals surface area contributed by atoms with E-state index in [0.717, 1.165) is 38.3 Å². The third-order valence-corrected chi connectivity index (χ3v) is 3.58. The van der Waals surface area contributed by atoms with Crippen molar-refractivity contribution >= 4 is 17.5 Å². The normalized spacial score (nSPS) is 15.8. The molecule has 0 bridgehead atoms. The molecule has 0 radical (unpaired) electrons. The van der Waals surface area contributed by atoms with Crippen LogP contribution in [0.15, 0.2) is 24.3 Å². The molecule has 132 valence electrons. The molecule has 2 rings (SSSR count). The molecule has 9 heteroatoms. The summed E-state index contributed by atoms with van der Waals surface area (Å²) < 4.78 is 37.8. The number of rotatable bonds is 4. The van der Waals surface area contributed by atoms with Crippen molar-refractivity contribution in [2.75, 3.05) is 44.6 Å². The molecule has 0 atom stereocenters. The zero-order chi connectivity index (χ0) is 17.6. The van der Waals surface area contributed by atoms with E-state index in [9.17, 15) is 22.8 Å². The van der Waals surface area contributed by atoms with Gasteiger partial charge in [0.1, 0.15) is 0 Å². The van der Waals surface area contributed by atoms with Crippen LogP contribution >= 0.6 is 0 Å². The Morgan fingerprint density at radius 2 is 1.88 bits per heavy atom. The van der Waals surface area contributed by atoms with Crippen molar-refractivity contribution in [1.82, 2.24) is 15.5 Å². The summed E-state index contributed by atoms with van der Waals surface area (Å²) in [6.07, 6.45) is -4.51. The minimum atomic E-state index is -4.51. The second kappa shape index (κ2) is 8.11. The van der Waals surface area contributed by atoms with Gasteiger partial charge in [0.25, 0.3) is 0 Å². The van der Waals surface area contributed by atoms with Gasteiger partial charge in [-0.1, -0.05) is 6.07 Å². The zero-order valence-electron chi connectivity index (χ0n) is 12.9. The molecule has 0 aliphatic carbocycles. The Morgan fingerprint density at radius 3 is 2.54 bits per heavy atom. The third-order valence-electron chi connectivity index (χ3n) is 3.58. The lowest BCUT2D eigenvalue weighted by Crippen LogP contribution is -2.47. The second-order valence-corrected chi connectivity index (χ2v) is 5.38. The zero-order valence-corrected chi connectivity index (χ0v) is 12.9. The summed E-state index contributed by atoms with van der Waals surface area (Å²) in [4.78, 5) is 25.6. The van der Waals surface area contributed by atoms with Crippen molar-refractivity contribution in [3.63, 3.8) is 0 Å². The highest BCUT2D eigenvalue weighted by Gasteiger charge is 2.30. The average molecular weight is 344 g/mol. The van der Waals surface area contributed by atoms with E-state index >= 15 is 0 Å². The number of alkyl halides is 3. The van der Waals surface area contributed by atoms with Gasteiger partial charge in [-0.3, -0.25) is 14.5 Å². The lowest BCUT2D eigenvalue weighted by atomic mass is 10.2. The lowest BCUT2D eigenvalue weighted by molar-refractivity contribution is -0.137. The molecule has 24 heavy (non-hydrogen) atoms. The molecule has 1 aliphatic heterocycles. The first-order chi connectivity index (χ1) is 11.4. The minimum Gasteiger partial charge on any atom is -0.347 e. The molecule has 3 N–H and O–H groups in total. The van der Waals surface area contributed by atoms with E-state index in [1.807, 2.05) is 0 Å². The Kier molecular flexibility index (Phi) is 6.16. The van der Waals surface area contributed by atoms with Crippen molar-refractivity contribution in [1.29, 1.82) is 0 Å². The quantitative estimate of drug-likeness (QED) is 0.702. The highest BCUT2D eigenvalue weighted by Crippen LogP contribution is 2.30. The van der Waals surface area contributed by atoms with Gasteiger partial charge >= 0.3 is 18.0 Å². The topological polar surface area (TPSA) is 73.5 Å². The van der Waals surface area contributed by atoms with Crippen LogP contribution in [0.5, 0.6) is 0 Å². The summed E-state index contributed by atoms with van der Waals surface area (Å²) in [5, 5.41) is 7.83. The molecule has 0 unspecified atom stereocenters. The molecular formula is C15H19F3N4O2. The van der Waals surface area contributed by atoms with Gasteiger partial charge in [0.05, 0.1) is 5.56 Å². The van der Waals surface area contributed by atoms with Crippen molar-refractivity contribution in [3.8, 4) is 0 Å². The van der Waals surface area contributed by atoms with Gasteiger partial charge in [-0.05, 0) is 18.2 Å². The summed E-state index contributed by atoms with van der Waals surface area (Å²) in [5.74, 6) is -1.86. The number of amides is 2. The number of carbonyl (C=O) groups excluding carboxylic acids is 2. The van der Waals surface area contributed by atoms with Crippen LogP contribution in [0.4, 0.5) is 18.9 Å². The Balaban J connectivity index is 1.80. The largest absolute Gasteiger partial charge is 0.416 e. The first-order valence-corrected chi connectivity index (χ1v) is 7.56. The van der Waals surface area contributed by atoms with Gasteiger partial charge < -0.3 is 16.0 Å². The van der Waals surface area contributed by atoms with E-state index in [4.69, 9.17) is 0 Å². The van der Waals surface area contributed by atoms with Gasteiger partial charge in [0.15, 0.2) is 0 Å². The minimum absolute atomic E-state index is 0.0768. The van der Waals surface area contributed by atoms with E-state index in [-0.39, 0.29) is 5.69 Å². The monoisotopic (exact) mass is 344 g/mol. The summed E-state index contributed by atoms with van der Waals surface area (Å²) in [7, 11) is 0. The number of hydrogen-bond donors (Lipinski definition) is 3. The van der Waals surface area contributed by atoms with E-state index in [0.29, 0.717) is 13.1 Å². The summed E-state index contributed by atoms with van der Waals surface area (Å²) >= 11 is 0. The number of piperazine rings is 1. The highest BCUT2D eigenvalue weighted by molar-refractivity contribution is 6.39. The van der Waals surface area contributed by atoms with Crippen LogP contribution in [0.3, 0.4) is 0 Å². The van der Waals surface area contributed by atoms with Crippen LogP contribution in [0, 0.1) is 0 Å². The van der Waals surface area contributed by atoms with Crippen LogP contribution in [0.1, 0.15) is 5.56 Å². The third kappa shape index (κ3) is 5.50. The molecule has 0 saturated carbocycles. The molecule has 1 aromatic rings. The molecular weight excluding hydrogens is 325 g/mol. The molecule has 2 amide bonds. The maximum Gasteiger partial charge on any atom is 0.416 e. The number of halogens is 3. The van der Waals surface area contributed by atoms with Gasteiger partial charge in [-0.25, -0.2) is 0 Å². The number of benzene rings is 1. The number of nitrogens with zero attached hydrogens (tertiary/aromatic N) is 1. The molecule has 1 saturated heterocycles. The van der Waals surface area contributed by atoms with Crippen molar-refractivity contribution < 1.29 is 22.8 Å². The summed E-state index contributed by atoms with van der Waals surface area (Å²) in [5.41, 5.74) is -0.966. The molecule has 1 fully saturated rings. The maximum atomic E-state index is 12.6. The molecule has 1 aliphatic rings. The van der Waals surface area contributed by atoms with E-state index < -0.39 is 23.6 Å². The molecule has 0 spiro atoms. The Hall–Kier alpha value is -2.13. The molecule has 1 heterocycles. The fraction of sp³-hybridized carbons (Fsp3) is 0.467. The first kappa shape index (κ1) is 18.2. The first-order valence-electron chi connectivity index (χ1n) is 7.56. The van der Waals surface area contributed by atoms with Crippen molar-refractivity contribution in [3.05, 3.63) is 29.8 Å².